The quantitative estimate of drug-likeness (QED) is 0.0520. The summed E-state index contributed by atoms with van der Waals surface area (Å²) in [6.45, 7) is 11.2. The van der Waals surface area contributed by atoms with Crippen LogP contribution in [0.1, 0.15) is 80.6 Å². The third-order valence-corrected chi connectivity index (χ3v) is 11.4. The number of aliphatic hydroxyl groups excluding tert-OH is 1. The summed E-state index contributed by atoms with van der Waals surface area (Å²) in [4.78, 5) is 28.9. The van der Waals surface area contributed by atoms with Gasteiger partial charge in [0.25, 0.3) is 6.47 Å². The number of halogens is 2. The number of hydrogen-bond donors (Lipinski definition) is 3. The number of hydrogen-bond acceptors (Lipinski definition) is 16. The zero-order valence-corrected chi connectivity index (χ0v) is 42.6. The largest absolute Gasteiger partial charge is 1.00 e. The molecule has 8 atom stereocenters. The second-order valence-electron chi connectivity index (χ2n) is 16.3. The van der Waals surface area contributed by atoms with Crippen LogP contribution in [0.3, 0.4) is 0 Å². The molecular formula is C38H50Cl2K2N8O10. The van der Waals surface area contributed by atoms with Crippen molar-refractivity contribution < 1.29 is 153 Å². The molecule has 318 valence electrons. The fourth-order valence-electron chi connectivity index (χ4n) is 8.06. The Morgan fingerprint density at radius 1 is 0.783 bits per heavy atom. The predicted molar refractivity (Wildman–Crippen MR) is 209 cm³/mol. The van der Waals surface area contributed by atoms with E-state index >= 15 is 0 Å². The smallest absolute Gasteiger partial charge is 1.00 e. The van der Waals surface area contributed by atoms with Crippen molar-refractivity contribution in [3.8, 4) is 0 Å². The van der Waals surface area contributed by atoms with E-state index in [0.717, 1.165) is 53.5 Å². The van der Waals surface area contributed by atoms with Gasteiger partial charge in [0.05, 0.1) is 23.5 Å². The Morgan fingerprint density at radius 3 is 1.57 bits per heavy atom. The third-order valence-electron chi connectivity index (χ3n) is 11.0. The molecule has 4 aromatic rings. The molecule has 0 radical (unpaired) electrons. The number of rotatable bonds is 11. The van der Waals surface area contributed by atoms with Crippen molar-refractivity contribution in [1.82, 2.24) is 29.1 Å². The van der Waals surface area contributed by atoms with Gasteiger partial charge in [0.1, 0.15) is 53.4 Å². The molecule has 2 saturated carbocycles. The summed E-state index contributed by atoms with van der Waals surface area (Å²) < 4.78 is 40.5. The van der Waals surface area contributed by atoms with Gasteiger partial charge < -0.3 is 64.9 Å². The standard InChI is InChI=1S/C19H25ClN4O3.C18H23ClN4O4.CH2O3.2K.H/c1-4-12-13-14(27-19(2,3)26-13)17(25-12)24-8-7-11-15(21-9-10-5-6-10)22-18(20)23-16(11)24;1-18(2)26-12-11(8-24)25-16(13(12)27-18)23-6-5-10-14(20-7-9-3-4-9)21-17(19)22-15(10)23;2-1-4-3;;;/h7-8,10,12-14,17H,4-6,9H2,1-3H3,(H,21,22,23);5-6,9,11-13,16,24H,3-4,7-8H2,1-2H3,(H,20,21,22);1,3H;;;/q;;;2*+1;-1/p-1/t12-,13-,14-,17-;11-,12-,13-,16-;;;;/m11..../s1. The van der Waals surface area contributed by atoms with E-state index < -0.39 is 23.9 Å². The number of aliphatic hydroxyl groups is 1. The van der Waals surface area contributed by atoms with Gasteiger partial charge in [-0.25, -0.2) is 9.97 Å². The second kappa shape index (κ2) is 20.6. The molecule has 0 bridgehead atoms. The first-order valence-corrected chi connectivity index (χ1v) is 20.5. The molecule has 6 aliphatic rings. The van der Waals surface area contributed by atoms with E-state index in [1.54, 1.807) is 0 Å². The van der Waals surface area contributed by atoms with Crippen molar-refractivity contribution in [2.75, 3.05) is 30.3 Å². The Morgan fingerprint density at radius 2 is 1.18 bits per heavy atom. The summed E-state index contributed by atoms with van der Waals surface area (Å²) in [6, 6.07) is 3.96. The fourth-order valence-corrected chi connectivity index (χ4v) is 8.39. The average molecular weight is 928 g/mol. The van der Waals surface area contributed by atoms with Crippen LogP contribution in [0.2, 0.25) is 10.6 Å². The molecule has 4 saturated heterocycles. The first-order chi connectivity index (χ1) is 27.8. The Balaban J connectivity index is 0.000000203. The van der Waals surface area contributed by atoms with Crippen molar-refractivity contribution in [3.63, 3.8) is 0 Å². The maximum absolute atomic E-state index is 9.70. The number of carbonyl (C=O) groups excluding carboxylic acids is 1. The predicted octanol–water partition coefficient (Wildman–Crippen LogP) is -1.39. The Kier molecular flexibility index (Phi) is 16.9. The van der Waals surface area contributed by atoms with E-state index in [-0.39, 0.29) is 165 Å². The number of nitrogens with zero attached hydrogens (tertiary/aromatic N) is 6. The SMILES string of the molecule is CC1(C)O[C@@H]2[C@H](O1)[C@@H](CO)O[C@H]2n1ccc2c(NCC3CC3)nc(Cl)nc21.CC[C@H]1O[C@@H](n2ccc3c(NCC4CC4)nc(Cl)nc32)[C@@H]2OC(C)(C)O[C@@H]21.O=CO[O-].[H-].[K+].[K+]. The molecule has 0 amide bonds. The Bertz CT molecular complexity index is 1970. The summed E-state index contributed by atoms with van der Waals surface area (Å²) in [5, 5.41) is 27.2. The van der Waals surface area contributed by atoms with E-state index in [4.69, 9.17) is 61.7 Å². The Labute approximate surface area is 444 Å². The molecule has 10 rings (SSSR count). The van der Waals surface area contributed by atoms with Gasteiger partial charge in [-0.15, -0.1) is 0 Å². The van der Waals surface area contributed by atoms with E-state index in [1.165, 1.54) is 25.7 Å². The molecule has 60 heavy (non-hydrogen) atoms. The summed E-state index contributed by atoms with van der Waals surface area (Å²) in [7, 11) is 0. The topological polar surface area (TPSA) is 210 Å². The molecule has 18 nitrogen and oxygen atoms in total. The van der Waals surface area contributed by atoms with Crippen LogP contribution in [0, 0.1) is 11.8 Å². The van der Waals surface area contributed by atoms with Gasteiger partial charge in [-0.05, 0) is 107 Å². The minimum atomic E-state index is -0.725. The van der Waals surface area contributed by atoms with E-state index in [2.05, 4.69) is 42.4 Å². The van der Waals surface area contributed by atoms with Crippen LogP contribution in [0.5, 0.6) is 0 Å². The van der Waals surface area contributed by atoms with Crippen LogP contribution < -0.4 is 119 Å². The fraction of sp³-hybridized carbons (Fsp3) is 0.658. The van der Waals surface area contributed by atoms with Crippen molar-refractivity contribution in [3.05, 3.63) is 35.1 Å². The number of aromatic nitrogens is 6. The first kappa shape index (κ1) is 49.3. The number of anilines is 2. The van der Waals surface area contributed by atoms with Gasteiger partial charge in [-0.1, -0.05) is 6.92 Å². The van der Waals surface area contributed by atoms with Crippen LogP contribution in [-0.2, 0) is 38.1 Å². The van der Waals surface area contributed by atoms with Gasteiger partial charge >= 0.3 is 103 Å². The van der Waals surface area contributed by atoms with Crippen molar-refractivity contribution in [2.45, 2.75) is 127 Å². The van der Waals surface area contributed by atoms with Gasteiger partial charge in [-0.2, -0.15) is 9.97 Å². The molecule has 0 spiro atoms. The zero-order valence-electron chi connectivity index (χ0n) is 35.9. The van der Waals surface area contributed by atoms with Crippen LogP contribution in [0.4, 0.5) is 11.6 Å². The maximum Gasteiger partial charge on any atom is 1.00 e. The summed E-state index contributed by atoms with van der Waals surface area (Å²) >= 11 is 12.4. The third kappa shape index (κ3) is 10.9. The Hall–Kier alpha value is -0.157. The molecule has 2 aliphatic carbocycles. The molecule has 0 aromatic carbocycles. The molecule has 3 N–H and O–H groups in total. The number of carbonyl (C=O) groups is 1. The molecule has 4 aromatic heterocycles. The average Bonchev–Trinajstić information content (AvgIpc) is 3.95. The molecule has 6 fully saturated rings. The van der Waals surface area contributed by atoms with Gasteiger partial charge in [0.15, 0.2) is 24.0 Å². The van der Waals surface area contributed by atoms with Crippen LogP contribution >= 0.6 is 23.2 Å². The monoisotopic (exact) mass is 926 g/mol. The van der Waals surface area contributed by atoms with Crippen LogP contribution in [0.25, 0.3) is 22.1 Å². The minimum absolute atomic E-state index is 0. The van der Waals surface area contributed by atoms with Gasteiger partial charge in [-0.3, -0.25) is 4.79 Å². The molecule has 0 unspecified atom stereocenters. The zero-order chi connectivity index (χ0) is 40.9. The second-order valence-corrected chi connectivity index (χ2v) is 17.0. The summed E-state index contributed by atoms with van der Waals surface area (Å²) in [5.41, 5.74) is 1.42. The number of ether oxygens (including phenoxy) is 6. The van der Waals surface area contributed by atoms with Crippen LogP contribution in [-0.4, -0.2) is 109 Å². The normalized spacial score (nSPS) is 29.3. The van der Waals surface area contributed by atoms with Gasteiger partial charge in [0, 0.05) is 25.5 Å². The molecule has 4 aliphatic heterocycles. The van der Waals surface area contributed by atoms with E-state index in [0.29, 0.717) is 11.6 Å². The van der Waals surface area contributed by atoms with E-state index in [1.807, 2.05) is 61.4 Å². The molecular weight excluding hydrogens is 878 g/mol. The van der Waals surface area contributed by atoms with Crippen molar-refractivity contribution in [2.24, 2.45) is 11.8 Å². The first-order valence-electron chi connectivity index (χ1n) is 19.7. The molecule has 8 heterocycles. The van der Waals surface area contributed by atoms with Crippen molar-refractivity contribution in [1.29, 1.82) is 0 Å². The number of fused-ring (bicyclic) bond motifs is 4. The van der Waals surface area contributed by atoms with Gasteiger partial charge in [0.2, 0.25) is 10.6 Å². The summed E-state index contributed by atoms with van der Waals surface area (Å²) in [5.74, 6) is 1.63. The molecule has 22 heteroatoms. The van der Waals surface area contributed by atoms with Crippen LogP contribution in [0.15, 0.2) is 24.5 Å². The summed E-state index contributed by atoms with van der Waals surface area (Å²) in [6.07, 6.45) is 7.62. The maximum atomic E-state index is 9.70. The number of nitrogens with one attached hydrogen (secondary N) is 2. The van der Waals surface area contributed by atoms with E-state index in [9.17, 15) is 5.11 Å². The van der Waals surface area contributed by atoms with Crippen molar-refractivity contribution >= 4 is 63.4 Å². The minimum Gasteiger partial charge on any atom is -1.00 e.